The number of carbonyl (C=O) groups is 2. The molecule has 3 aromatic rings. The van der Waals surface area contributed by atoms with Crippen LogP contribution in [0.4, 0.5) is 32.0 Å². The van der Waals surface area contributed by atoms with Gasteiger partial charge in [-0.1, -0.05) is 12.1 Å². The van der Waals surface area contributed by atoms with Crippen LogP contribution < -0.4 is 5.32 Å². The molecule has 0 atom stereocenters. The van der Waals surface area contributed by atoms with E-state index in [1.165, 1.54) is 29.2 Å². The molecule has 1 aromatic heterocycles. The Hall–Kier alpha value is -3.83. The lowest BCUT2D eigenvalue weighted by molar-refractivity contribution is -0.143. The normalized spacial score (nSPS) is 11.9. The summed E-state index contributed by atoms with van der Waals surface area (Å²) >= 11 is 0. The summed E-state index contributed by atoms with van der Waals surface area (Å²) in [4.78, 5) is 26.8. The molecule has 0 aliphatic rings. The number of halogens is 6. The summed E-state index contributed by atoms with van der Waals surface area (Å²) in [7, 11) is 0. The largest absolute Gasteiger partial charge is 0.434 e. The molecule has 1 heterocycles. The summed E-state index contributed by atoms with van der Waals surface area (Å²) in [5.74, 6) is -1.51. The van der Waals surface area contributed by atoms with Gasteiger partial charge in [-0.15, -0.1) is 0 Å². The molecular weight excluding hydrogens is 478 g/mol. The van der Waals surface area contributed by atoms with Gasteiger partial charge in [0.25, 0.3) is 11.8 Å². The lowest BCUT2D eigenvalue weighted by Crippen LogP contribution is -2.30. The van der Waals surface area contributed by atoms with E-state index >= 15 is 0 Å². The predicted molar refractivity (Wildman–Crippen MR) is 115 cm³/mol. The van der Waals surface area contributed by atoms with Gasteiger partial charge in [0.15, 0.2) is 5.69 Å². The molecule has 0 spiro atoms. The van der Waals surface area contributed by atoms with Crippen molar-refractivity contribution in [1.82, 2.24) is 14.7 Å². The van der Waals surface area contributed by atoms with Crippen LogP contribution >= 0.6 is 0 Å². The number of nitrogens with zero attached hydrogens (tertiary/aromatic N) is 3. The lowest BCUT2D eigenvalue weighted by atomic mass is 10.1. The van der Waals surface area contributed by atoms with Gasteiger partial charge < -0.3 is 10.2 Å². The first-order chi connectivity index (χ1) is 16.4. The van der Waals surface area contributed by atoms with E-state index in [1.54, 1.807) is 13.8 Å². The maximum absolute atomic E-state index is 13.9. The molecule has 3 rings (SSSR count). The number of alkyl halides is 6. The maximum Gasteiger partial charge on any atom is 0.434 e. The molecule has 0 unspecified atom stereocenters. The van der Waals surface area contributed by atoms with E-state index in [1.807, 2.05) is 0 Å². The van der Waals surface area contributed by atoms with Crippen LogP contribution in [-0.2, 0) is 12.4 Å². The number of anilines is 1. The molecular formula is C23H20F6N4O2. The Bertz CT molecular complexity index is 1230. The number of carbonyl (C=O) groups excluding carboxylic acids is 2. The third-order valence-electron chi connectivity index (χ3n) is 5.12. The van der Waals surface area contributed by atoms with Crippen molar-refractivity contribution >= 4 is 17.5 Å². The first kappa shape index (κ1) is 25.8. The fraction of sp³-hybridized carbons (Fsp3) is 0.261. The van der Waals surface area contributed by atoms with Crippen molar-refractivity contribution in [2.75, 3.05) is 18.4 Å². The van der Waals surface area contributed by atoms with Crippen molar-refractivity contribution in [3.05, 3.63) is 77.1 Å². The number of aromatic nitrogens is 2. The zero-order chi connectivity index (χ0) is 26.0. The first-order valence-corrected chi connectivity index (χ1v) is 10.4. The zero-order valence-electron chi connectivity index (χ0n) is 18.5. The Balaban J connectivity index is 1.97. The van der Waals surface area contributed by atoms with Gasteiger partial charge in [-0.3, -0.25) is 9.59 Å². The van der Waals surface area contributed by atoms with Gasteiger partial charge in [0, 0.05) is 24.3 Å². The second-order valence-corrected chi connectivity index (χ2v) is 7.38. The van der Waals surface area contributed by atoms with Gasteiger partial charge in [-0.05, 0) is 50.2 Å². The number of amides is 2. The number of hydrogen-bond donors (Lipinski definition) is 1. The topological polar surface area (TPSA) is 67.2 Å². The minimum absolute atomic E-state index is 0.0629. The summed E-state index contributed by atoms with van der Waals surface area (Å²) < 4.78 is 81.0. The van der Waals surface area contributed by atoms with Crippen LogP contribution in [0.25, 0.3) is 5.69 Å². The highest BCUT2D eigenvalue weighted by Crippen LogP contribution is 2.36. The van der Waals surface area contributed by atoms with Crippen molar-refractivity contribution in [2.24, 2.45) is 0 Å². The third kappa shape index (κ3) is 5.64. The average Bonchev–Trinajstić information content (AvgIpc) is 3.26. The molecule has 0 aliphatic carbocycles. The molecule has 0 radical (unpaired) electrons. The van der Waals surface area contributed by atoms with Gasteiger partial charge in [0.1, 0.15) is 0 Å². The van der Waals surface area contributed by atoms with Gasteiger partial charge in [-0.25, -0.2) is 4.68 Å². The molecule has 1 N–H and O–H groups in total. The van der Waals surface area contributed by atoms with E-state index in [4.69, 9.17) is 0 Å². The SMILES string of the molecule is CCN(CC)C(=O)c1cccc(NC(=O)c2cnn(-c3cccc(C(F)(F)F)c3)c2C(F)(F)F)c1. The number of benzene rings is 2. The minimum atomic E-state index is -5.11. The second-order valence-electron chi connectivity index (χ2n) is 7.38. The number of nitrogens with one attached hydrogen (secondary N) is 1. The van der Waals surface area contributed by atoms with Gasteiger partial charge in [-0.2, -0.15) is 31.4 Å². The maximum atomic E-state index is 13.9. The smallest absolute Gasteiger partial charge is 0.339 e. The predicted octanol–water partition coefficient (Wildman–Crippen LogP) is 5.64. The molecule has 2 aromatic carbocycles. The molecule has 0 bridgehead atoms. The van der Waals surface area contributed by atoms with Gasteiger partial charge in [0.2, 0.25) is 0 Å². The Labute approximate surface area is 196 Å². The van der Waals surface area contributed by atoms with Crippen molar-refractivity contribution in [3.8, 4) is 5.69 Å². The minimum Gasteiger partial charge on any atom is -0.339 e. The molecule has 12 heteroatoms. The molecule has 2 amide bonds. The molecule has 6 nitrogen and oxygen atoms in total. The summed E-state index contributed by atoms with van der Waals surface area (Å²) in [6.07, 6.45) is -9.27. The van der Waals surface area contributed by atoms with Crippen LogP contribution in [0.1, 0.15) is 45.8 Å². The fourth-order valence-electron chi connectivity index (χ4n) is 3.42. The van der Waals surface area contributed by atoms with Crippen molar-refractivity contribution in [3.63, 3.8) is 0 Å². The molecule has 0 saturated heterocycles. The third-order valence-corrected chi connectivity index (χ3v) is 5.12. The van der Waals surface area contributed by atoms with Crippen molar-refractivity contribution < 1.29 is 35.9 Å². The van der Waals surface area contributed by atoms with Crippen LogP contribution in [0.2, 0.25) is 0 Å². The lowest BCUT2D eigenvalue weighted by Gasteiger charge is -2.19. The number of hydrogen-bond acceptors (Lipinski definition) is 3. The van der Waals surface area contributed by atoms with E-state index in [-0.39, 0.29) is 21.8 Å². The van der Waals surface area contributed by atoms with Gasteiger partial charge in [0.05, 0.1) is 23.0 Å². The van der Waals surface area contributed by atoms with E-state index in [0.717, 1.165) is 12.1 Å². The van der Waals surface area contributed by atoms with E-state index < -0.39 is 40.8 Å². The molecule has 0 aliphatic heterocycles. The monoisotopic (exact) mass is 498 g/mol. The Kier molecular flexibility index (Phi) is 7.22. The zero-order valence-corrected chi connectivity index (χ0v) is 18.5. The summed E-state index contributed by atoms with van der Waals surface area (Å²) in [6.45, 7) is 4.45. The summed E-state index contributed by atoms with van der Waals surface area (Å²) in [5, 5.41) is 5.84. The standard InChI is InChI=1S/C23H20F6N4O2/c1-3-32(4-2)21(35)14-7-5-9-16(11-14)31-20(34)18-13-30-33(19(18)23(27,28)29)17-10-6-8-15(12-17)22(24,25)26/h5-13H,3-4H2,1-2H3,(H,31,34). The van der Waals surface area contributed by atoms with Crippen LogP contribution in [-0.4, -0.2) is 39.6 Å². The number of rotatable bonds is 6. The Morgan fingerprint density at radius 1 is 0.943 bits per heavy atom. The quantitative estimate of drug-likeness (QED) is 0.447. The van der Waals surface area contributed by atoms with E-state index in [9.17, 15) is 35.9 Å². The Morgan fingerprint density at radius 2 is 1.60 bits per heavy atom. The molecule has 0 fully saturated rings. The van der Waals surface area contributed by atoms with Crippen LogP contribution in [0.3, 0.4) is 0 Å². The highest BCUT2D eigenvalue weighted by molar-refractivity contribution is 6.06. The van der Waals surface area contributed by atoms with E-state index in [0.29, 0.717) is 31.4 Å². The van der Waals surface area contributed by atoms with Crippen molar-refractivity contribution in [2.45, 2.75) is 26.2 Å². The highest BCUT2D eigenvalue weighted by Gasteiger charge is 2.41. The second kappa shape index (κ2) is 9.80. The van der Waals surface area contributed by atoms with Crippen molar-refractivity contribution in [1.29, 1.82) is 0 Å². The van der Waals surface area contributed by atoms with E-state index in [2.05, 4.69) is 10.4 Å². The van der Waals surface area contributed by atoms with Crippen LogP contribution in [0.15, 0.2) is 54.7 Å². The molecule has 35 heavy (non-hydrogen) atoms. The molecule has 186 valence electrons. The average molecular weight is 498 g/mol. The molecule has 0 saturated carbocycles. The Morgan fingerprint density at radius 3 is 2.20 bits per heavy atom. The first-order valence-electron chi connectivity index (χ1n) is 10.4. The highest BCUT2D eigenvalue weighted by atomic mass is 19.4. The van der Waals surface area contributed by atoms with Crippen LogP contribution in [0, 0.1) is 0 Å². The summed E-state index contributed by atoms with van der Waals surface area (Å²) in [5.41, 5.74) is -3.83. The fourth-order valence-corrected chi connectivity index (χ4v) is 3.42. The van der Waals surface area contributed by atoms with Gasteiger partial charge >= 0.3 is 12.4 Å². The van der Waals surface area contributed by atoms with Crippen LogP contribution in [0.5, 0.6) is 0 Å². The summed E-state index contributed by atoms with van der Waals surface area (Å²) in [6, 6.07) is 8.85.